The van der Waals surface area contributed by atoms with Gasteiger partial charge < -0.3 is 5.32 Å². The second kappa shape index (κ2) is 7.26. The number of sulfone groups is 1. The highest BCUT2D eigenvalue weighted by Gasteiger charge is 2.36. The van der Waals surface area contributed by atoms with E-state index in [0.29, 0.717) is 12.0 Å². The molecule has 0 aromatic heterocycles. The molecule has 3 nitrogen and oxygen atoms in total. The molecule has 0 amide bonds. The van der Waals surface area contributed by atoms with Crippen molar-refractivity contribution in [3.05, 3.63) is 0 Å². The minimum Gasteiger partial charge on any atom is -0.314 e. The van der Waals surface area contributed by atoms with Crippen LogP contribution in [-0.4, -0.2) is 32.5 Å². The predicted molar refractivity (Wildman–Crippen MR) is 84.6 cm³/mol. The van der Waals surface area contributed by atoms with Gasteiger partial charge in [-0.25, -0.2) is 8.42 Å². The third-order valence-corrected chi connectivity index (χ3v) is 7.02. The molecule has 0 aliphatic heterocycles. The summed E-state index contributed by atoms with van der Waals surface area (Å²) in [5, 5.41) is 3.61. The standard InChI is InChI=1S/C16H31NO2S/c1-3-17-16(13-8-5-4-6-9-13)14-10-7-11-15(12-14)20(2,18)19/h13-17H,3-12H2,1-2H3. The molecule has 2 rings (SSSR count). The maximum atomic E-state index is 11.9. The van der Waals surface area contributed by atoms with Crippen molar-refractivity contribution in [2.24, 2.45) is 11.8 Å². The average molecular weight is 301 g/mol. The van der Waals surface area contributed by atoms with Gasteiger partial charge >= 0.3 is 0 Å². The van der Waals surface area contributed by atoms with Gasteiger partial charge in [0.15, 0.2) is 0 Å². The summed E-state index contributed by atoms with van der Waals surface area (Å²) in [6.45, 7) is 3.17. The van der Waals surface area contributed by atoms with E-state index in [0.717, 1.165) is 31.7 Å². The van der Waals surface area contributed by atoms with E-state index in [1.165, 1.54) is 44.8 Å². The first-order valence-corrected chi connectivity index (χ1v) is 10.4. The Kier molecular flexibility index (Phi) is 5.91. The fraction of sp³-hybridized carbons (Fsp3) is 1.00. The summed E-state index contributed by atoms with van der Waals surface area (Å²) < 4.78 is 23.7. The molecular weight excluding hydrogens is 270 g/mol. The van der Waals surface area contributed by atoms with Crippen LogP contribution in [-0.2, 0) is 9.84 Å². The lowest BCUT2D eigenvalue weighted by atomic mass is 9.73. The second-order valence-electron chi connectivity index (χ2n) is 6.86. The van der Waals surface area contributed by atoms with Crippen LogP contribution in [0.1, 0.15) is 64.7 Å². The first-order valence-electron chi connectivity index (χ1n) is 8.44. The molecule has 20 heavy (non-hydrogen) atoms. The lowest BCUT2D eigenvalue weighted by Gasteiger charge is -2.40. The molecule has 3 atom stereocenters. The maximum Gasteiger partial charge on any atom is 0.150 e. The van der Waals surface area contributed by atoms with E-state index in [1.807, 2.05) is 0 Å². The molecule has 0 bridgehead atoms. The molecule has 4 heteroatoms. The summed E-state index contributed by atoms with van der Waals surface area (Å²) in [7, 11) is -2.87. The molecule has 0 radical (unpaired) electrons. The second-order valence-corrected chi connectivity index (χ2v) is 9.19. The van der Waals surface area contributed by atoms with Gasteiger partial charge in [-0.2, -0.15) is 0 Å². The van der Waals surface area contributed by atoms with Crippen LogP contribution >= 0.6 is 0 Å². The third kappa shape index (κ3) is 4.20. The van der Waals surface area contributed by atoms with Crippen molar-refractivity contribution in [3.63, 3.8) is 0 Å². The maximum absolute atomic E-state index is 11.9. The number of hydrogen-bond acceptors (Lipinski definition) is 3. The van der Waals surface area contributed by atoms with E-state index >= 15 is 0 Å². The summed E-state index contributed by atoms with van der Waals surface area (Å²) >= 11 is 0. The summed E-state index contributed by atoms with van der Waals surface area (Å²) in [5.74, 6) is 1.33. The molecule has 0 spiro atoms. The van der Waals surface area contributed by atoms with E-state index in [2.05, 4.69) is 12.2 Å². The Hall–Kier alpha value is -0.0900. The monoisotopic (exact) mass is 301 g/mol. The van der Waals surface area contributed by atoms with Crippen LogP contribution in [0.3, 0.4) is 0 Å². The van der Waals surface area contributed by atoms with Crippen LogP contribution in [0.15, 0.2) is 0 Å². The number of rotatable bonds is 5. The SMILES string of the molecule is CCNC(C1CCCCC1)C1CCCC(S(C)(=O)=O)C1. The predicted octanol–water partition coefficient (Wildman–Crippen LogP) is 3.15. The number of hydrogen-bond donors (Lipinski definition) is 1. The molecule has 2 fully saturated rings. The van der Waals surface area contributed by atoms with Gasteiger partial charge in [0.25, 0.3) is 0 Å². The molecule has 0 saturated heterocycles. The smallest absolute Gasteiger partial charge is 0.150 e. The zero-order valence-corrected chi connectivity index (χ0v) is 13.9. The molecule has 0 aromatic rings. The van der Waals surface area contributed by atoms with Gasteiger partial charge in [0.2, 0.25) is 0 Å². The highest BCUT2D eigenvalue weighted by Crippen LogP contribution is 2.37. The Morgan fingerprint density at radius 3 is 2.25 bits per heavy atom. The van der Waals surface area contributed by atoms with E-state index in [1.54, 1.807) is 0 Å². The van der Waals surface area contributed by atoms with Gasteiger partial charge in [0, 0.05) is 12.3 Å². The summed E-state index contributed by atoms with van der Waals surface area (Å²) in [6, 6.07) is 0.546. The minimum atomic E-state index is -2.87. The molecule has 0 heterocycles. The lowest BCUT2D eigenvalue weighted by Crippen LogP contribution is -2.46. The Morgan fingerprint density at radius 1 is 1.00 bits per heavy atom. The zero-order chi connectivity index (χ0) is 14.6. The topological polar surface area (TPSA) is 46.2 Å². The molecule has 2 aliphatic carbocycles. The first kappa shape index (κ1) is 16.3. The quantitative estimate of drug-likeness (QED) is 0.848. The van der Waals surface area contributed by atoms with Crippen molar-refractivity contribution in [3.8, 4) is 0 Å². The first-order chi connectivity index (χ1) is 9.52. The molecule has 118 valence electrons. The van der Waals surface area contributed by atoms with Crippen molar-refractivity contribution >= 4 is 9.84 Å². The van der Waals surface area contributed by atoms with Gasteiger partial charge in [-0.1, -0.05) is 32.6 Å². The van der Waals surface area contributed by atoms with Crippen molar-refractivity contribution < 1.29 is 8.42 Å². The average Bonchev–Trinajstić information content (AvgIpc) is 2.45. The Balaban J connectivity index is 2.04. The van der Waals surface area contributed by atoms with Gasteiger partial charge in [0.05, 0.1) is 5.25 Å². The van der Waals surface area contributed by atoms with Crippen molar-refractivity contribution in [2.75, 3.05) is 12.8 Å². The molecule has 3 unspecified atom stereocenters. The van der Waals surface area contributed by atoms with Crippen LogP contribution in [0.25, 0.3) is 0 Å². The van der Waals surface area contributed by atoms with E-state index in [9.17, 15) is 8.42 Å². The molecular formula is C16H31NO2S. The van der Waals surface area contributed by atoms with Crippen LogP contribution in [0.2, 0.25) is 0 Å². The third-order valence-electron chi connectivity index (χ3n) is 5.38. The van der Waals surface area contributed by atoms with E-state index in [4.69, 9.17) is 0 Å². The van der Waals surface area contributed by atoms with Gasteiger partial charge in [-0.05, 0) is 50.5 Å². The largest absolute Gasteiger partial charge is 0.314 e. The number of nitrogens with one attached hydrogen (secondary N) is 1. The van der Waals surface area contributed by atoms with Crippen LogP contribution in [0.4, 0.5) is 0 Å². The van der Waals surface area contributed by atoms with Gasteiger partial charge in [-0.15, -0.1) is 0 Å². The summed E-state index contributed by atoms with van der Waals surface area (Å²) in [6.07, 6.45) is 12.2. The fourth-order valence-electron chi connectivity index (χ4n) is 4.34. The Bertz CT molecular complexity index is 387. The zero-order valence-electron chi connectivity index (χ0n) is 13.1. The molecule has 0 aromatic carbocycles. The molecule has 1 N–H and O–H groups in total. The molecule has 2 aliphatic rings. The fourth-order valence-corrected chi connectivity index (χ4v) is 5.53. The van der Waals surface area contributed by atoms with Crippen LogP contribution in [0, 0.1) is 11.8 Å². The normalized spacial score (nSPS) is 31.1. The summed E-state index contributed by atoms with van der Waals surface area (Å²) in [5.41, 5.74) is 0. The Morgan fingerprint density at radius 2 is 1.65 bits per heavy atom. The summed E-state index contributed by atoms with van der Waals surface area (Å²) in [4.78, 5) is 0. The van der Waals surface area contributed by atoms with Crippen molar-refractivity contribution in [2.45, 2.75) is 76.0 Å². The van der Waals surface area contributed by atoms with Crippen molar-refractivity contribution in [1.82, 2.24) is 5.32 Å². The van der Waals surface area contributed by atoms with E-state index in [-0.39, 0.29) is 5.25 Å². The van der Waals surface area contributed by atoms with Crippen LogP contribution < -0.4 is 5.32 Å². The lowest BCUT2D eigenvalue weighted by molar-refractivity contribution is 0.175. The van der Waals surface area contributed by atoms with Gasteiger partial charge in [-0.3, -0.25) is 0 Å². The highest BCUT2D eigenvalue weighted by atomic mass is 32.2. The minimum absolute atomic E-state index is 0.0917. The van der Waals surface area contributed by atoms with Gasteiger partial charge in [0.1, 0.15) is 9.84 Å². The highest BCUT2D eigenvalue weighted by molar-refractivity contribution is 7.91. The molecule has 2 saturated carbocycles. The van der Waals surface area contributed by atoms with E-state index < -0.39 is 9.84 Å². The van der Waals surface area contributed by atoms with Crippen LogP contribution in [0.5, 0.6) is 0 Å². The van der Waals surface area contributed by atoms with Crippen molar-refractivity contribution in [1.29, 1.82) is 0 Å². The Labute approximate surface area is 124 Å².